The van der Waals surface area contributed by atoms with E-state index in [0.29, 0.717) is 29.6 Å². The molecule has 1 heterocycles. The van der Waals surface area contributed by atoms with Crippen molar-refractivity contribution >= 4 is 35.0 Å². The lowest BCUT2D eigenvalue weighted by atomic mass is 9.94. The van der Waals surface area contributed by atoms with Gasteiger partial charge in [0.2, 0.25) is 11.8 Å². The van der Waals surface area contributed by atoms with Crippen molar-refractivity contribution < 1.29 is 9.59 Å². The number of halogens is 2. The van der Waals surface area contributed by atoms with Gasteiger partial charge in [-0.05, 0) is 44.4 Å². The SMILES string of the molecule is CCN(CC)C(=O)C1CCN(C(=O)Cc2ccc(Cl)c(Cl)c2)CC1. The molecule has 132 valence electrons. The molecular formula is C18H24Cl2N2O2. The van der Waals surface area contributed by atoms with Crippen LogP contribution >= 0.6 is 23.2 Å². The predicted octanol–water partition coefficient (Wildman–Crippen LogP) is 3.64. The second kappa shape index (κ2) is 8.72. The topological polar surface area (TPSA) is 40.6 Å². The number of benzene rings is 1. The molecule has 1 aromatic carbocycles. The first-order valence-corrected chi connectivity index (χ1v) is 9.22. The van der Waals surface area contributed by atoms with Gasteiger partial charge in [0.25, 0.3) is 0 Å². The standard InChI is InChI=1S/C18H24Cl2N2O2/c1-3-21(4-2)18(24)14-7-9-22(10-8-14)17(23)12-13-5-6-15(19)16(20)11-13/h5-6,11,14H,3-4,7-10,12H2,1-2H3. The highest BCUT2D eigenvalue weighted by Gasteiger charge is 2.29. The van der Waals surface area contributed by atoms with E-state index < -0.39 is 0 Å². The average molecular weight is 371 g/mol. The van der Waals surface area contributed by atoms with Gasteiger partial charge in [-0.1, -0.05) is 29.3 Å². The van der Waals surface area contributed by atoms with E-state index in [1.165, 1.54) is 0 Å². The lowest BCUT2D eigenvalue weighted by molar-refractivity contribution is -0.140. The Balaban J connectivity index is 1.88. The average Bonchev–Trinajstić information content (AvgIpc) is 2.59. The van der Waals surface area contributed by atoms with Gasteiger partial charge < -0.3 is 9.80 Å². The summed E-state index contributed by atoms with van der Waals surface area (Å²) < 4.78 is 0. The maximum absolute atomic E-state index is 12.4. The molecule has 2 amide bonds. The van der Waals surface area contributed by atoms with Crippen molar-refractivity contribution in [2.75, 3.05) is 26.2 Å². The second-order valence-electron chi connectivity index (χ2n) is 6.09. The Hall–Kier alpha value is -1.26. The van der Waals surface area contributed by atoms with Gasteiger partial charge >= 0.3 is 0 Å². The largest absolute Gasteiger partial charge is 0.343 e. The molecule has 0 N–H and O–H groups in total. The molecule has 1 saturated heterocycles. The molecule has 24 heavy (non-hydrogen) atoms. The zero-order valence-electron chi connectivity index (χ0n) is 14.2. The molecule has 0 spiro atoms. The van der Waals surface area contributed by atoms with Gasteiger partial charge in [0.1, 0.15) is 0 Å². The summed E-state index contributed by atoms with van der Waals surface area (Å²) in [6.45, 7) is 6.75. The molecule has 1 aliphatic rings. The molecule has 2 rings (SSSR count). The fourth-order valence-corrected chi connectivity index (χ4v) is 3.43. The van der Waals surface area contributed by atoms with Gasteiger partial charge in [0.15, 0.2) is 0 Å². The summed E-state index contributed by atoms with van der Waals surface area (Å²) in [5.41, 5.74) is 0.857. The molecule has 0 aliphatic carbocycles. The number of nitrogens with zero attached hydrogens (tertiary/aromatic N) is 2. The van der Waals surface area contributed by atoms with E-state index in [2.05, 4.69) is 0 Å². The Morgan fingerprint density at radius 1 is 1.12 bits per heavy atom. The van der Waals surface area contributed by atoms with Gasteiger partial charge in [-0.2, -0.15) is 0 Å². The van der Waals surface area contributed by atoms with Crippen LogP contribution < -0.4 is 0 Å². The van der Waals surface area contributed by atoms with Crippen LogP contribution in [-0.4, -0.2) is 47.8 Å². The molecule has 6 heteroatoms. The first-order chi connectivity index (χ1) is 11.5. The van der Waals surface area contributed by atoms with Crippen molar-refractivity contribution in [2.45, 2.75) is 33.1 Å². The van der Waals surface area contributed by atoms with Crippen LogP contribution in [0.3, 0.4) is 0 Å². The summed E-state index contributed by atoms with van der Waals surface area (Å²) in [6, 6.07) is 5.27. The van der Waals surface area contributed by atoms with Crippen LogP contribution in [0, 0.1) is 5.92 Å². The zero-order chi connectivity index (χ0) is 17.7. The van der Waals surface area contributed by atoms with Crippen LogP contribution in [0.25, 0.3) is 0 Å². The Morgan fingerprint density at radius 3 is 2.29 bits per heavy atom. The minimum atomic E-state index is 0.0407. The molecule has 1 fully saturated rings. The fraction of sp³-hybridized carbons (Fsp3) is 0.556. The Bertz CT molecular complexity index is 595. The highest BCUT2D eigenvalue weighted by Crippen LogP contribution is 2.24. The van der Waals surface area contributed by atoms with Crippen molar-refractivity contribution in [1.82, 2.24) is 9.80 Å². The molecule has 0 radical (unpaired) electrons. The monoisotopic (exact) mass is 370 g/mol. The molecule has 0 aromatic heterocycles. The number of likely N-dealkylation sites (tertiary alicyclic amines) is 1. The van der Waals surface area contributed by atoms with Gasteiger partial charge in [0.05, 0.1) is 16.5 Å². The third kappa shape index (κ3) is 4.64. The van der Waals surface area contributed by atoms with Crippen LogP contribution in [0.2, 0.25) is 10.0 Å². The Morgan fingerprint density at radius 2 is 1.75 bits per heavy atom. The number of rotatable bonds is 5. The van der Waals surface area contributed by atoms with Gasteiger partial charge in [-0.25, -0.2) is 0 Å². The minimum Gasteiger partial charge on any atom is -0.343 e. The third-order valence-corrected chi connectivity index (χ3v) is 5.35. The van der Waals surface area contributed by atoms with Gasteiger partial charge in [-0.3, -0.25) is 9.59 Å². The first-order valence-electron chi connectivity index (χ1n) is 8.46. The molecule has 0 bridgehead atoms. The Kier molecular flexibility index (Phi) is 6.93. The summed E-state index contributed by atoms with van der Waals surface area (Å²) in [7, 11) is 0. The van der Waals surface area contributed by atoms with Crippen molar-refractivity contribution in [1.29, 1.82) is 0 Å². The lowest BCUT2D eigenvalue weighted by Gasteiger charge is -2.33. The summed E-state index contributed by atoms with van der Waals surface area (Å²) >= 11 is 11.9. The summed E-state index contributed by atoms with van der Waals surface area (Å²) in [5, 5.41) is 0.953. The van der Waals surface area contributed by atoms with Crippen LogP contribution in [0.1, 0.15) is 32.3 Å². The van der Waals surface area contributed by atoms with Gasteiger partial charge in [-0.15, -0.1) is 0 Å². The van der Waals surface area contributed by atoms with Crippen LogP contribution in [0.15, 0.2) is 18.2 Å². The molecular weight excluding hydrogens is 347 g/mol. The van der Waals surface area contributed by atoms with E-state index in [1.54, 1.807) is 12.1 Å². The van der Waals surface area contributed by atoms with E-state index in [9.17, 15) is 9.59 Å². The molecule has 1 aliphatic heterocycles. The maximum Gasteiger partial charge on any atom is 0.226 e. The number of hydrogen-bond acceptors (Lipinski definition) is 2. The van der Waals surface area contributed by atoms with Crippen LogP contribution in [0.4, 0.5) is 0 Å². The van der Waals surface area contributed by atoms with E-state index in [4.69, 9.17) is 23.2 Å². The molecule has 1 aromatic rings. The smallest absolute Gasteiger partial charge is 0.226 e. The highest BCUT2D eigenvalue weighted by atomic mass is 35.5. The number of carbonyl (C=O) groups is 2. The molecule has 0 atom stereocenters. The number of piperidine rings is 1. The van der Waals surface area contributed by atoms with Crippen molar-refractivity contribution in [3.05, 3.63) is 33.8 Å². The second-order valence-corrected chi connectivity index (χ2v) is 6.91. The minimum absolute atomic E-state index is 0.0407. The van der Waals surface area contributed by atoms with Crippen LogP contribution in [0.5, 0.6) is 0 Å². The van der Waals surface area contributed by atoms with E-state index in [0.717, 1.165) is 31.5 Å². The Labute approximate surface area is 153 Å². The summed E-state index contributed by atoms with van der Waals surface area (Å²) in [6.07, 6.45) is 1.79. The normalized spacial score (nSPS) is 15.4. The number of amides is 2. The van der Waals surface area contributed by atoms with E-state index >= 15 is 0 Å². The van der Waals surface area contributed by atoms with Crippen LogP contribution in [-0.2, 0) is 16.0 Å². The molecule has 0 saturated carbocycles. The fourth-order valence-electron chi connectivity index (χ4n) is 3.11. The molecule has 0 unspecified atom stereocenters. The third-order valence-electron chi connectivity index (χ3n) is 4.61. The summed E-state index contributed by atoms with van der Waals surface area (Å²) in [4.78, 5) is 28.5. The quantitative estimate of drug-likeness (QED) is 0.793. The van der Waals surface area contributed by atoms with Crippen molar-refractivity contribution in [2.24, 2.45) is 5.92 Å². The van der Waals surface area contributed by atoms with Crippen molar-refractivity contribution in [3.8, 4) is 0 Å². The predicted molar refractivity (Wildman–Crippen MR) is 97.4 cm³/mol. The highest BCUT2D eigenvalue weighted by molar-refractivity contribution is 6.42. The van der Waals surface area contributed by atoms with E-state index in [1.807, 2.05) is 29.7 Å². The van der Waals surface area contributed by atoms with Crippen molar-refractivity contribution in [3.63, 3.8) is 0 Å². The first kappa shape index (κ1) is 19.1. The number of hydrogen-bond donors (Lipinski definition) is 0. The zero-order valence-corrected chi connectivity index (χ0v) is 15.7. The number of carbonyl (C=O) groups excluding carboxylic acids is 2. The van der Waals surface area contributed by atoms with E-state index in [-0.39, 0.29) is 17.7 Å². The maximum atomic E-state index is 12.4. The summed E-state index contributed by atoms with van der Waals surface area (Å²) in [5.74, 6) is 0.331. The molecule has 4 nitrogen and oxygen atoms in total. The lowest BCUT2D eigenvalue weighted by Crippen LogP contribution is -2.44. The van der Waals surface area contributed by atoms with Gasteiger partial charge in [0, 0.05) is 32.1 Å².